The Morgan fingerprint density at radius 1 is 0.714 bits per heavy atom. The van der Waals surface area contributed by atoms with Gasteiger partial charge in [-0.15, -0.1) is 0 Å². The molecule has 2 N–H and O–H groups in total. The lowest BCUT2D eigenvalue weighted by Gasteiger charge is -2.14. The Kier molecular flexibility index (Phi) is 4.34. The van der Waals surface area contributed by atoms with Crippen molar-refractivity contribution >= 4 is 33.7 Å². The molecule has 4 nitrogen and oxygen atoms in total. The summed E-state index contributed by atoms with van der Waals surface area (Å²) in [5, 5.41) is 0.751. The number of nitrogens with zero attached hydrogens (tertiary/aromatic N) is 2. The summed E-state index contributed by atoms with van der Waals surface area (Å²) in [7, 11) is 0. The summed E-state index contributed by atoms with van der Waals surface area (Å²) < 4.78 is 0. The first-order valence-electron chi connectivity index (χ1n) is 9.37. The van der Waals surface area contributed by atoms with Crippen LogP contribution >= 0.6 is 11.6 Å². The van der Waals surface area contributed by atoms with Gasteiger partial charge >= 0.3 is 0 Å². The predicted octanol–water partition coefficient (Wildman–Crippen LogP) is 5.66. The highest BCUT2D eigenvalue weighted by molar-refractivity contribution is 6.30. The fourth-order valence-electron chi connectivity index (χ4n) is 3.67. The van der Waals surface area contributed by atoms with Crippen molar-refractivity contribution < 1.29 is 0 Å². The second kappa shape index (κ2) is 7.13. The highest BCUT2D eigenvalue weighted by Crippen LogP contribution is 2.26. The normalized spacial score (nSPS) is 12.6. The number of para-hydroxylation sites is 4. The number of fused-ring (bicyclic) bond motifs is 2. The van der Waals surface area contributed by atoms with E-state index in [1.54, 1.807) is 0 Å². The molecule has 2 aromatic heterocycles. The Morgan fingerprint density at radius 2 is 1.36 bits per heavy atom. The van der Waals surface area contributed by atoms with Crippen molar-refractivity contribution in [2.75, 3.05) is 0 Å². The van der Waals surface area contributed by atoms with Crippen molar-refractivity contribution in [1.29, 1.82) is 0 Å². The van der Waals surface area contributed by atoms with E-state index in [0.717, 1.165) is 51.6 Å². The first-order valence-corrected chi connectivity index (χ1v) is 9.75. The molecular formula is C23H19ClN4. The molecule has 1 unspecified atom stereocenters. The molecule has 0 saturated heterocycles. The molecule has 0 fully saturated rings. The topological polar surface area (TPSA) is 57.4 Å². The van der Waals surface area contributed by atoms with E-state index in [4.69, 9.17) is 21.6 Å². The summed E-state index contributed by atoms with van der Waals surface area (Å²) in [6.07, 6.45) is 1.63. The van der Waals surface area contributed by atoms with Gasteiger partial charge in [0.05, 0.1) is 22.1 Å². The van der Waals surface area contributed by atoms with Crippen LogP contribution in [0.15, 0.2) is 72.8 Å². The second-order valence-corrected chi connectivity index (χ2v) is 7.51. The average molecular weight is 387 g/mol. The highest BCUT2D eigenvalue weighted by Gasteiger charge is 2.19. The number of benzene rings is 3. The van der Waals surface area contributed by atoms with Crippen molar-refractivity contribution in [3.05, 3.63) is 95.0 Å². The largest absolute Gasteiger partial charge is 0.342 e. The van der Waals surface area contributed by atoms with E-state index in [9.17, 15) is 0 Å². The predicted molar refractivity (Wildman–Crippen MR) is 114 cm³/mol. The molecule has 3 aromatic carbocycles. The van der Waals surface area contributed by atoms with Crippen LogP contribution in [0, 0.1) is 0 Å². The molecule has 1 atom stereocenters. The van der Waals surface area contributed by atoms with E-state index >= 15 is 0 Å². The molecule has 0 amide bonds. The Bertz CT molecular complexity index is 1170. The molecule has 5 aromatic rings. The summed E-state index contributed by atoms with van der Waals surface area (Å²) in [5.41, 5.74) is 5.33. The van der Waals surface area contributed by atoms with E-state index in [1.807, 2.05) is 48.5 Å². The maximum atomic E-state index is 6.06. The first kappa shape index (κ1) is 17.0. The van der Waals surface area contributed by atoms with Gasteiger partial charge in [-0.05, 0) is 48.4 Å². The zero-order valence-corrected chi connectivity index (χ0v) is 15.9. The Labute approximate surface area is 167 Å². The van der Waals surface area contributed by atoms with Gasteiger partial charge in [0.25, 0.3) is 0 Å². The van der Waals surface area contributed by atoms with E-state index in [2.05, 4.69) is 34.2 Å². The Morgan fingerprint density at radius 3 is 2.04 bits per heavy atom. The van der Waals surface area contributed by atoms with Gasteiger partial charge in [-0.25, -0.2) is 9.97 Å². The average Bonchev–Trinajstić information content (AvgIpc) is 3.32. The molecule has 28 heavy (non-hydrogen) atoms. The fourth-order valence-corrected chi connectivity index (χ4v) is 3.80. The number of H-pyrrole nitrogens is 2. The minimum absolute atomic E-state index is 0.175. The summed E-state index contributed by atoms with van der Waals surface area (Å²) in [6, 6.07) is 24.3. The van der Waals surface area contributed by atoms with E-state index in [-0.39, 0.29) is 5.92 Å². The third-order valence-electron chi connectivity index (χ3n) is 5.07. The van der Waals surface area contributed by atoms with Gasteiger partial charge < -0.3 is 9.97 Å². The monoisotopic (exact) mass is 386 g/mol. The molecule has 138 valence electrons. The summed E-state index contributed by atoms with van der Waals surface area (Å²) in [5.74, 6) is 2.13. The standard InChI is InChI=1S/C23H19ClN4/c24-17-11-9-15(10-12-17)13-16(23-27-20-7-3-4-8-21(20)28-23)14-22-25-18-5-1-2-6-19(18)26-22/h1-12,16H,13-14H2,(H,25,26)(H,27,28). The van der Waals surface area contributed by atoms with Gasteiger partial charge in [-0.2, -0.15) is 0 Å². The van der Waals surface area contributed by atoms with Crippen molar-refractivity contribution in [1.82, 2.24) is 19.9 Å². The highest BCUT2D eigenvalue weighted by atomic mass is 35.5. The van der Waals surface area contributed by atoms with Crippen molar-refractivity contribution in [3.63, 3.8) is 0 Å². The van der Waals surface area contributed by atoms with Gasteiger partial charge in [0, 0.05) is 17.4 Å². The number of rotatable bonds is 5. The molecule has 0 bridgehead atoms. The van der Waals surface area contributed by atoms with Gasteiger partial charge in [-0.1, -0.05) is 48.0 Å². The van der Waals surface area contributed by atoms with Gasteiger partial charge in [0.2, 0.25) is 0 Å². The molecule has 0 aliphatic heterocycles. The number of aromatic nitrogens is 4. The minimum Gasteiger partial charge on any atom is -0.342 e. The smallest absolute Gasteiger partial charge is 0.111 e. The lowest BCUT2D eigenvalue weighted by molar-refractivity contribution is 0.628. The second-order valence-electron chi connectivity index (χ2n) is 7.07. The fraction of sp³-hybridized carbons (Fsp3) is 0.130. The van der Waals surface area contributed by atoms with Crippen LogP contribution in [0.2, 0.25) is 5.02 Å². The quantitative estimate of drug-likeness (QED) is 0.409. The lowest BCUT2D eigenvalue weighted by Crippen LogP contribution is -2.10. The summed E-state index contributed by atoms with van der Waals surface area (Å²) >= 11 is 6.06. The van der Waals surface area contributed by atoms with Crippen LogP contribution in [0.4, 0.5) is 0 Å². The Hall–Kier alpha value is -3.11. The maximum Gasteiger partial charge on any atom is 0.111 e. The van der Waals surface area contributed by atoms with E-state index in [0.29, 0.717) is 0 Å². The summed E-state index contributed by atoms with van der Waals surface area (Å²) in [6.45, 7) is 0. The molecule has 0 radical (unpaired) electrons. The zero-order chi connectivity index (χ0) is 18.9. The lowest BCUT2D eigenvalue weighted by atomic mass is 9.95. The first-order chi connectivity index (χ1) is 13.7. The third-order valence-corrected chi connectivity index (χ3v) is 5.32. The molecule has 0 aliphatic carbocycles. The molecule has 0 spiro atoms. The number of imidazole rings is 2. The van der Waals surface area contributed by atoms with Crippen LogP contribution < -0.4 is 0 Å². The maximum absolute atomic E-state index is 6.06. The van der Waals surface area contributed by atoms with E-state index in [1.165, 1.54) is 5.56 Å². The van der Waals surface area contributed by atoms with Crippen molar-refractivity contribution in [3.8, 4) is 0 Å². The molecule has 5 heteroatoms. The molecule has 5 rings (SSSR count). The number of halogens is 1. The zero-order valence-electron chi connectivity index (χ0n) is 15.2. The van der Waals surface area contributed by atoms with Crippen LogP contribution in [-0.4, -0.2) is 19.9 Å². The van der Waals surface area contributed by atoms with Crippen LogP contribution in [-0.2, 0) is 12.8 Å². The van der Waals surface area contributed by atoms with Gasteiger partial charge in [0.1, 0.15) is 11.6 Å². The number of aromatic amines is 2. The third kappa shape index (κ3) is 3.39. The molecular weight excluding hydrogens is 368 g/mol. The van der Waals surface area contributed by atoms with Crippen LogP contribution in [0.1, 0.15) is 23.1 Å². The van der Waals surface area contributed by atoms with Crippen molar-refractivity contribution in [2.24, 2.45) is 0 Å². The molecule has 0 saturated carbocycles. The minimum atomic E-state index is 0.175. The Balaban J connectivity index is 1.51. The van der Waals surface area contributed by atoms with Gasteiger partial charge in [0.15, 0.2) is 0 Å². The number of hydrogen-bond donors (Lipinski definition) is 2. The number of hydrogen-bond acceptors (Lipinski definition) is 2. The summed E-state index contributed by atoms with van der Waals surface area (Å²) in [4.78, 5) is 16.6. The van der Waals surface area contributed by atoms with E-state index < -0.39 is 0 Å². The molecule has 2 heterocycles. The van der Waals surface area contributed by atoms with Crippen molar-refractivity contribution in [2.45, 2.75) is 18.8 Å². The number of nitrogens with one attached hydrogen (secondary N) is 2. The van der Waals surface area contributed by atoms with Crippen LogP contribution in [0.5, 0.6) is 0 Å². The van der Waals surface area contributed by atoms with Crippen LogP contribution in [0.3, 0.4) is 0 Å². The molecule has 0 aliphatic rings. The SMILES string of the molecule is Clc1ccc(CC(Cc2nc3ccccc3[nH]2)c2nc3ccccc3[nH]2)cc1. The van der Waals surface area contributed by atoms with Gasteiger partial charge in [-0.3, -0.25) is 0 Å². The van der Waals surface area contributed by atoms with Crippen LogP contribution in [0.25, 0.3) is 22.1 Å².